The van der Waals surface area contributed by atoms with Crippen molar-refractivity contribution in [1.29, 1.82) is 0 Å². The Morgan fingerprint density at radius 3 is 2.94 bits per heavy atom. The second kappa shape index (κ2) is 6.12. The summed E-state index contributed by atoms with van der Waals surface area (Å²) in [5, 5.41) is 11.7. The maximum Gasteiger partial charge on any atom is 0.304 e. The van der Waals surface area contributed by atoms with Crippen LogP contribution in [-0.4, -0.2) is 24.2 Å². The SMILES string of the molecule is COc1cccc(CNC(C)CC(=O)O)c1. The molecule has 0 fully saturated rings. The molecule has 1 rings (SSSR count). The first kappa shape index (κ1) is 12.5. The first-order chi connectivity index (χ1) is 7.61. The fourth-order valence-corrected chi connectivity index (χ4v) is 1.41. The molecular formula is C12H17NO3. The number of carboxylic acid groups (broad SMARTS) is 1. The molecule has 1 atom stereocenters. The Labute approximate surface area is 95.2 Å². The van der Waals surface area contributed by atoms with Gasteiger partial charge < -0.3 is 15.2 Å². The Morgan fingerprint density at radius 1 is 1.56 bits per heavy atom. The molecule has 0 aliphatic heterocycles. The summed E-state index contributed by atoms with van der Waals surface area (Å²) in [6, 6.07) is 7.66. The molecule has 0 aliphatic carbocycles. The van der Waals surface area contributed by atoms with Crippen LogP contribution in [0.25, 0.3) is 0 Å². The number of carbonyl (C=O) groups is 1. The molecule has 4 heteroatoms. The summed E-state index contributed by atoms with van der Waals surface area (Å²) in [5.74, 6) is 0.0239. The summed E-state index contributed by atoms with van der Waals surface area (Å²) >= 11 is 0. The van der Waals surface area contributed by atoms with Gasteiger partial charge in [-0.1, -0.05) is 12.1 Å². The lowest BCUT2D eigenvalue weighted by molar-refractivity contribution is -0.137. The first-order valence-corrected chi connectivity index (χ1v) is 5.20. The Hall–Kier alpha value is -1.55. The minimum atomic E-state index is -0.786. The molecule has 0 bridgehead atoms. The summed E-state index contributed by atoms with van der Waals surface area (Å²) in [7, 11) is 1.62. The van der Waals surface area contributed by atoms with Crippen molar-refractivity contribution in [2.24, 2.45) is 0 Å². The highest BCUT2D eigenvalue weighted by molar-refractivity contribution is 5.67. The van der Waals surface area contributed by atoms with Gasteiger partial charge in [0.1, 0.15) is 5.75 Å². The normalized spacial score (nSPS) is 12.1. The zero-order chi connectivity index (χ0) is 12.0. The van der Waals surface area contributed by atoms with E-state index in [9.17, 15) is 4.79 Å². The van der Waals surface area contributed by atoms with Crippen LogP contribution in [0.5, 0.6) is 5.75 Å². The van der Waals surface area contributed by atoms with Crippen molar-refractivity contribution in [2.75, 3.05) is 7.11 Å². The number of carboxylic acids is 1. The van der Waals surface area contributed by atoms with E-state index in [4.69, 9.17) is 9.84 Å². The van der Waals surface area contributed by atoms with Gasteiger partial charge in [0.25, 0.3) is 0 Å². The molecule has 0 spiro atoms. The van der Waals surface area contributed by atoms with Crippen molar-refractivity contribution >= 4 is 5.97 Å². The van der Waals surface area contributed by atoms with Crippen LogP contribution in [0, 0.1) is 0 Å². The lowest BCUT2D eigenvalue weighted by Gasteiger charge is -2.11. The van der Waals surface area contributed by atoms with Crippen molar-refractivity contribution in [1.82, 2.24) is 5.32 Å². The Balaban J connectivity index is 2.44. The van der Waals surface area contributed by atoms with Crippen LogP contribution in [0.4, 0.5) is 0 Å². The number of benzene rings is 1. The van der Waals surface area contributed by atoms with Gasteiger partial charge in [0.15, 0.2) is 0 Å². The number of ether oxygens (including phenoxy) is 1. The lowest BCUT2D eigenvalue weighted by atomic mass is 10.2. The molecule has 88 valence electrons. The highest BCUT2D eigenvalue weighted by atomic mass is 16.5. The van der Waals surface area contributed by atoms with Crippen molar-refractivity contribution in [3.8, 4) is 5.75 Å². The maximum absolute atomic E-state index is 10.5. The number of aliphatic carboxylic acids is 1. The van der Waals surface area contributed by atoms with E-state index in [0.29, 0.717) is 6.54 Å². The van der Waals surface area contributed by atoms with Crippen LogP contribution in [0.15, 0.2) is 24.3 Å². The number of methoxy groups -OCH3 is 1. The van der Waals surface area contributed by atoms with Crippen LogP contribution >= 0.6 is 0 Å². The lowest BCUT2D eigenvalue weighted by Crippen LogP contribution is -2.27. The van der Waals surface area contributed by atoms with E-state index in [1.165, 1.54) is 0 Å². The monoisotopic (exact) mass is 223 g/mol. The van der Waals surface area contributed by atoms with Gasteiger partial charge in [-0.2, -0.15) is 0 Å². The number of hydrogen-bond donors (Lipinski definition) is 2. The zero-order valence-electron chi connectivity index (χ0n) is 9.56. The van der Waals surface area contributed by atoms with Crippen LogP contribution in [0.2, 0.25) is 0 Å². The van der Waals surface area contributed by atoms with Gasteiger partial charge in [-0.15, -0.1) is 0 Å². The molecule has 0 saturated heterocycles. The molecule has 0 aromatic heterocycles. The van der Waals surface area contributed by atoms with Crippen molar-refractivity contribution < 1.29 is 14.6 Å². The highest BCUT2D eigenvalue weighted by Gasteiger charge is 2.06. The molecule has 0 aliphatic rings. The fourth-order valence-electron chi connectivity index (χ4n) is 1.41. The molecule has 0 radical (unpaired) electrons. The predicted octanol–water partition coefficient (Wildman–Crippen LogP) is 1.65. The predicted molar refractivity (Wildman–Crippen MR) is 61.5 cm³/mol. The Bertz CT molecular complexity index is 352. The third-order valence-electron chi connectivity index (χ3n) is 2.27. The Kier molecular flexibility index (Phi) is 4.79. The van der Waals surface area contributed by atoms with Gasteiger partial charge >= 0.3 is 5.97 Å². The molecule has 16 heavy (non-hydrogen) atoms. The fraction of sp³-hybridized carbons (Fsp3) is 0.417. The third-order valence-corrected chi connectivity index (χ3v) is 2.27. The standard InChI is InChI=1S/C12H17NO3/c1-9(6-12(14)15)13-8-10-4-3-5-11(7-10)16-2/h3-5,7,9,13H,6,8H2,1-2H3,(H,14,15). The van der Waals surface area contributed by atoms with Crippen LogP contribution in [0.1, 0.15) is 18.9 Å². The largest absolute Gasteiger partial charge is 0.497 e. The van der Waals surface area contributed by atoms with Crippen molar-refractivity contribution in [3.63, 3.8) is 0 Å². The van der Waals surface area contributed by atoms with Crippen LogP contribution < -0.4 is 10.1 Å². The average Bonchev–Trinajstić information content (AvgIpc) is 2.26. The molecule has 0 amide bonds. The topological polar surface area (TPSA) is 58.6 Å². The second-order valence-electron chi connectivity index (χ2n) is 3.73. The second-order valence-corrected chi connectivity index (χ2v) is 3.73. The van der Waals surface area contributed by atoms with Gasteiger partial charge in [-0.05, 0) is 24.6 Å². The van der Waals surface area contributed by atoms with E-state index in [2.05, 4.69) is 5.32 Å². The molecule has 1 unspecified atom stereocenters. The van der Waals surface area contributed by atoms with Crippen LogP contribution in [-0.2, 0) is 11.3 Å². The molecule has 2 N–H and O–H groups in total. The van der Waals surface area contributed by atoms with Crippen molar-refractivity contribution in [3.05, 3.63) is 29.8 Å². The minimum absolute atomic E-state index is 0.0382. The third kappa shape index (κ3) is 4.31. The molecule has 1 aromatic carbocycles. The van der Waals surface area contributed by atoms with Gasteiger partial charge in [-0.3, -0.25) is 4.79 Å². The zero-order valence-corrected chi connectivity index (χ0v) is 9.56. The van der Waals surface area contributed by atoms with E-state index in [1.54, 1.807) is 7.11 Å². The van der Waals surface area contributed by atoms with E-state index >= 15 is 0 Å². The Morgan fingerprint density at radius 2 is 2.31 bits per heavy atom. The number of nitrogens with one attached hydrogen (secondary N) is 1. The summed E-state index contributed by atoms with van der Waals surface area (Å²) in [4.78, 5) is 10.5. The molecule has 1 aromatic rings. The molecule has 0 heterocycles. The van der Waals surface area contributed by atoms with E-state index in [1.807, 2.05) is 31.2 Å². The number of rotatable bonds is 6. The highest BCUT2D eigenvalue weighted by Crippen LogP contribution is 2.12. The summed E-state index contributed by atoms with van der Waals surface area (Å²) in [6.07, 6.45) is 0.129. The summed E-state index contributed by atoms with van der Waals surface area (Å²) in [5.41, 5.74) is 1.08. The summed E-state index contributed by atoms with van der Waals surface area (Å²) in [6.45, 7) is 2.50. The van der Waals surface area contributed by atoms with Crippen LogP contribution in [0.3, 0.4) is 0 Å². The van der Waals surface area contributed by atoms with E-state index < -0.39 is 5.97 Å². The van der Waals surface area contributed by atoms with Gasteiger partial charge in [0.05, 0.1) is 13.5 Å². The van der Waals surface area contributed by atoms with Gasteiger partial charge in [0.2, 0.25) is 0 Å². The smallest absolute Gasteiger partial charge is 0.304 e. The quantitative estimate of drug-likeness (QED) is 0.769. The minimum Gasteiger partial charge on any atom is -0.497 e. The van der Waals surface area contributed by atoms with E-state index in [-0.39, 0.29) is 12.5 Å². The molecule has 0 saturated carbocycles. The number of hydrogen-bond acceptors (Lipinski definition) is 3. The van der Waals surface area contributed by atoms with Gasteiger partial charge in [-0.25, -0.2) is 0 Å². The summed E-state index contributed by atoms with van der Waals surface area (Å²) < 4.78 is 5.10. The maximum atomic E-state index is 10.5. The first-order valence-electron chi connectivity index (χ1n) is 5.20. The molecular weight excluding hydrogens is 206 g/mol. The van der Waals surface area contributed by atoms with Gasteiger partial charge in [0, 0.05) is 12.6 Å². The average molecular weight is 223 g/mol. The van der Waals surface area contributed by atoms with Crippen molar-refractivity contribution in [2.45, 2.75) is 25.9 Å². The van der Waals surface area contributed by atoms with E-state index in [0.717, 1.165) is 11.3 Å². The molecule has 4 nitrogen and oxygen atoms in total.